The smallest absolute Gasteiger partial charge is 0.369 e. The molecule has 0 aromatic heterocycles. The molecular weight excluding hydrogens is 460 g/mol. The molecule has 1 amide bonds. The molecule has 0 radical (unpaired) electrons. The summed E-state index contributed by atoms with van der Waals surface area (Å²) in [6.45, 7) is 1.52. The third-order valence-corrected chi connectivity index (χ3v) is 7.62. The first-order valence-corrected chi connectivity index (χ1v) is 10.6. The van der Waals surface area contributed by atoms with Gasteiger partial charge in [0.2, 0.25) is 5.91 Å². The van der Waals surface area contributed by atoms with Crippen LogP contribution in [0.25, 0.3) is 0 Å². The van der Waals surface area contributed by atoms with Crippen LogP contribution in [0.15, 0.2) is 59.5 Å². The molecular formula is C21H19F6NO3S. The van der Waals surface area contributed by atoms with Crippen molar-refractivity contribution >= 4 is 16.7 Å². The van der Waals surface area contributed by atoms with Gasteiger partial charge < -0.3 is 10.0 Å². The van der Waals surface area contributed by atoms with Crippen LogP contribution < -0.4 is 0 Å². The highest BCUT2D eigenvalue weighted by Crippen LogP contribution is 2.50. The third kappa shape index (κ3) is 3.92. The number of alkyl halides is 6. The third-order valence-electron chi connectivity index (χ3n) is 5.64. The summed E-state index contributed by atoms with van der Waals surface area (Å²) in [5, 5.41) is 9.62. The topological polar surface area (TPSA) is 57.6 Å². The molecule has 2 aromatic rings. The summed E-state index contributed by atoms with van der Waals surface area (Å²) >= 11 is 0. The van der Waals surface area contributed by atoms with Gasteiger partial charge in [-0.2, -0.15) is 26.3 Å². The Morgan fingerprint density at radius 2 is 1.50 bits per heavy atom. The van der Waals surface area contributed by atoms with Crippen LogP contribution in [0.1, 0.15) is 24.5 Å². The van der Waals surface area contributed by atoms with Gasteiger partial charge in [-0.15, -0.1) is 0 Å². The van der Waals surface area contributed by atoms with Gasteiger partial charge in [0.25, 0.3) is 5.60 Å². The summed E-state index contributed by atoms with van der Waals surface area (Å²) in [5.74, 6) is -0.294. The summed E-state index contributed by atoms with van der Waals surface area (Å²) in [6, 6.07) is 11.3. The fraction of sp³-hybridized carbons (Fsp3) is 0.381. The molecule has 4 nitrogen and oxygen atoms in total. The van der Waals surface area contributed by atoms with E-state index in [9.17, 15) is 40.5 Å². The number of hydrogen-bond donors (Lipinski definition) is 1. The van der Waals surface area contributed by atoms with Crippen LogP contribution in [0, 0.1) is 0 Å². The fourth-order valence-electron chi connectivity index (χ4n) is 3.82. The minimum atomic E-state index is -6.00. The molecule has 1 saturated heterocycles. The Bertz CT molecular complexity index is 993. The zero-order valence-electron chi connectivity index (χ0n) is 16.7. The molecule has 1 fully saturated rings. The summed E-state index contributed by atoms with van der Waals surface area (Å²) in [5.41, 5.74) is -6.24. The number of halogens is 6. The highest BCUT2D eigenvalue weighted by atomic mass is 32.2. The van der Waals surface area contributed by atoms with Crippen molar-refractivity contribution < 1.29 is 40.5 Å². The van der Waals surface area contributed by atoms with E-state index in [4.69, 9.17) is 0 Å². The van der Waals surface area contributed by atoms with Gasteiger partial charge in [-0.3, -0.25) is 9.00 Å². The molecule has 0 saturated carbocycles. The molecule has 11 heteroatoms. The molecule has 1 aliphatic rings. The van der Waals surface area contributed by atoms with Crippen molar-refractivity contribution in [3.63, 3.8) is 0 Å². The Kier molecular flexibility index (Phi) is 6.20. The number of rotatable bonds is 4. The lowest BCUT2D eigenvalue weighted by atomic mass is 9.89. The van der Waals surface area contributed by atoms with Gasteiger partial charge in [0.05, 0.1) is 15.5 Å². The number of likely N-dealkylation sites (tertiary alicyclic amines) is 1. The van der Waals surface area contributed by atoms with Gasteiger partial charge in [0.15, 0.2) is 0 Å². The van der Waals surface area contributed by atoms with Gasteiger partial charge in [0.1, 0.15) is 0 Å². The van der Waals surface area contributed by atoms with E-state index in [1.807, 2.05) is 0 Å². The van der Waals surface area contributed by atoms with Crippen LogP contribution in [-0.4, -0.2) is 45.6 Å². The Hall–Kier alpha value is -2.40. The zero-order valence-corrected chi connectivity index (χ0v) is 17.5. The summed E-state index contributed by atoms with van der Waals surface area (Å²) in [7, 11) is -1.77. The van der Waals surface area contributed by atoms with Crippen LogP contribution in [0.2, 0.25) is 0 Å². The standard InChI is InChI=1S/C21H19F6NO3S/c1-14(29)28-12-11-18(13-28,32(31)17-5-3-2-4-6-17)15-7-9-16(10-8-15)19(30,20(22,23)24)21(25,26)27/h2-10,30H,11-13H2,1H3. The van der Waals surface area contributed by atoms with Crippen molar-refractivity contribution in [2.75, 3.05) is 13.1 Å². The highest BCUT2D eigenvalue weighted by Gasteiger charge is 2.71. The maximum Gasteiger partial charge on any atom is 0.430 e. The quantitative estimate of drug-likeness (QED) is 0.667. The van der Waals surface area contributed by atoms with E-state index >= 15 is 0 Å². The van der Waals surface area contributed by atoms with Gasteiger partial charge in [-0.1, -0.05) is 42.5 Å². The van der Waals surface area contributed by atoms with Gasteiger partial charge in [0, 0.05) is 30.5 Å². The van der Waals surface area contributed by atoms with Gasteiger partial charge >= 0.3 is 12.4 Å². The van der Waals surface area contributed by atoms with Crippen LogP contribution >= 0.6 is 0 Å². The Balaban J connectivity index is 2.10. The molecule has 2 aromatic carbocycles. The van der Waals surface area contributed by atoms with Crippen LogP contribution in [0.5, 0.6) is 0 Å². The predicted octanol–water partition coefficient (Wildman–Crippen LogP) is 4.25. The molecule has 2 atom stereocenters. The average Bonchev–Trinajstić information content (AvgIpc) is 3.19. The van der Waals surface area contributed by atoms with E-state index < -0.39 is 39.1 Å². The average molecular weight is 479 g/mol. The van der Waals surface area contributed by atoms with E-state index in [1.165, 1.54) is 11.8 Å². The number of carbonyl (C=O) groups excluding carboxylic acids is 1. The lowest BCUT2D eigenvalue weighted by molar-refractivity contribution is -0.376. The predicted molar refractivity (Wildman–Crippen MR) is 104 cm³/mol. The minimum absolute atomic E-state index is 0.0218. The lowest BCUT2D eigenvalue weighted by Gasteiger charge is -2.34. The molecule has 32 heavy (non-hydrogen) atoms. The van der Waals surface area contributed by atoms with Crippen molar-refractivity contribution in [3.05, 3.63) is 65.7 Å². The zero-order chi connectivity index (χ0) is 23.9. The number of amides is 1. The van der Waals surface area contributed by atoms with Crippen molar-refractivity contribution in [3.8, 4) is 0 Å². The SMILES string of the molecule is CC(=O)N1CCC(c2ccc(C(O)(C(F)(F)F)C(F)(F)F)cc2)(S(=O)c2ccccc2)C1. The van der Waals surface area contributed by atoms with Crippen molar-refractivity contribution in [1.82, 2.24) is 4.90 Å². The first kappa shape index (κ1) is 24.2. The fourth-order valence-corrected chi connectivity index (χ4v) is 5.57. The van der Waals surface area contributed by atoms with E-state index in [2.05, 4.69) is 0 Å². The molecule has 174 valence electrons. The number of hydrogen-bond acceptors (Lipinski definition) is 3. The molecule has 3 rings (SSSR count). The summed E-state index contributed by atoms with van der Waals surface area (Å²) in [6.07, 6.45) is -11.8. The summed E-state index contributed by atoms with van der Waals surface area (Å²) < 4.78 is 91.4. The van der Waals surface area contributed by atoms with Crippen LogP contribution in [0.3, 0.4) is 0 Å². The first-order chi connectivity index (χ1) is 14.7. The van der Waals surface area contributed by atoms with Gasteiger partial charge in [-0.05, 0) is 24.1 Å². The number of aliphatic hydroxyl groups is 1. The molecule has 0 aliphatic carbocycles. The number of benzene rings is 2. The van der Waals surface area contributed by atoms with Crippen LogP contribution in [0.4, 0.5) is 26.3 Å². The van der Waals surface area contributed by atoms with E-state index in [-0.39, 0.29) is 31.0 Å². The first-order valence-electron chi connectivity index (χ1n) is 9.43. The van der Waals surface area contributed by atoms with Crippen molar-refractivity contribution in [2.24, 2.45) is 0 Å². The lowest BCUT2D eigenvalue weighted by Crippen LogP contribution is -2.53. The Morgan fingerprint density at radius 1 is 0.969 bits per heavy atom. The normalized spacial score (nSPS) is 20.9. The molecule has 0 spiro atoms. The second-order valence-electron chi connectivity index (χ2n) is 7.55. The highest BCUT2D eigenvalue weighted by molar-refractivity contribution is 7.86. The Morgan fingerprint density at radius 3 is 1.94 bits per heavy atom. The molecule has 1 aliphatic heterocycles. The number of nitrogens with zero attached hydrogens (tertiary/aromatic N) is 1. The van der Waals surface area contributed by atoms with E-state index in [0.717, 1.165) is 12.1 Å². The number of carbonyl (C=O) groups is 1. The summed E-state index contributed by atoms with van der Waals surface area (Å²) in [4.78, 5) is 13.7. The molecule has 1 N–H and O–H groups in total. The monoisotopic (exact) mass is 479 g/mol. The second kappa shape index (κ2) is 8.18. The van der Waals surface area contributed by atoms with Gasteiger partial charge in [-0.25, -0.2) is 0 Å². The molecule has 0 bridgehead atoms. The molecule has 1 heterocycles. The van der Waals surface area contributed by atoms with Crippen LogP contribution in [-0.2, 0) is 25.9 Å². The maximum absolute atomic E-state index is 13.5. The van der Waals surface area contributed by atoms with Crippen molar-refractivity contribution in [2.45, 2.75) is 40.9 Å². The second-order valence-corrected chi connectivity index (χ2v) is 9.34. The Labute approximate surface area is 182 Å². The van der Waals surface area contributed by atoms with Crippen molar-refractivity contribution in [1.29, 1.82) is 0 Å². The van der Waals surface area contributed by atoms with E-state index in [1.54, 1.807) is 30.3 Å². The maximum atomic E-state index is 13.5. The molecule has 2 unspecified atom stereocenters. The largest absolute Gasteiger partial charge is 0.430 e. The minimum Gasteiger partial charge on any atom is -0.369 e. The van der Waals surface area contributed by atoms with E-state index in [0.29, 0.717) is 17.0 Å².